The zero-order valence-electron chi connectivity index (χ0n) is 7.18. The molecule has 0 aromatic carbocycles. The average Bonchev–Trinajstić information content (AvgIpc) is 2.79. The van der Waals surface area contributed by atoms with Crippen molar-refractivity contribution in [1.29, 1.82) is 0 Å². The number of rotatable bonds is 1. The van der Waals surface area contributed by atoms with Gasteiger partial charge in [-0.1, -0.05) is 0 Å². The van der Waals surface area contributed by atoms with Gasteiger partial charge in [0.1, 0.15) is 12.5 Å². The average molecular weight is 181 g/mol. The van der Waals surface area contributed by atoms with Crippen LogP contribution in [-0.2, 0) is 9.47 Å². The molecule has 0 aliphatic carbocycles. The zero-order chi connectivity index (χ0) is 8.67. The summed E-state index contributed by atoms with van der Waals surface area (Å²) in [5.41, 5.74) is 0. The third kappa shape index (κ3) is 1.10. The highest BCUT2D eigenvalue weighted by molar-refractivity contribution is 5.04. The molecule has 0 spiro atoms. The molecular formula is C9H11NO3. The topological polar surface area (TPSA) is 34.8 Å². The molecule has 2 saturated heterocycles. The predicted molar refractivity (Wildman–Crippen MR) is 43.8 cm³/mol. The van der Waals surface area contributed by atoms with E-state index < -0.39 is 0 Å². The minimum atomic E-state index is -0.0394. The molecule has 0 bridgehead atoms. The van der Waals surface area contributed by atoms with Crippen LogP contribution in [0, 0.1) is 0 Å². The first-order valence-electron chi connectivity index (χ1n) is 4.43. The van der Waals surface area contributed by atoms with Crippen LogP contribution in [0.25, 0.3) is 0 Å². The van der Waals surface area contributed by atoms with Crippen LogP contribution in [0.4, 0.5) is 0 Å². The molecule has 2 unspecified atom stereocenters. The Labute approximate surface area is 76.0 Å². The molecule has 2 atom stereocenters. The summed E-state index contributed by atoms with van der Waals surface area (Å²) in [5, 5.41) is 0. The molecule has 2 fully saturated rings. The second-order valence-electron chi connectivity index (χ2n) is 3.37. The minimum Gasteiger partial charge on any atom is -0.465 e. The van der Waals surface area contributed by atoms with Crippen LogP contribution in [0.2, 0.25) is 0 Å². The number of hydrogen-bond acceptors (Lipinski definition) is 4. The molecule has 4 nitrogen and oxygen atoms in total. The van der Waals surface area contributed by atoms with Crippen LogP contribution in [0.15, 0.2) is 22.8 Å². The Morgan fingerprint density at radius 3 is 3.23 bits per heavy atom. The smallest absolute Gasteiger partial charge is 0.171 e. The summed E-state index contributed by atoms with van der Waals surface area (Å²) in [6.45, 7) is 2.17. The maximum atomic E-state index is 5.62. The van der Waals surface area contributed by atoms with Crippen LogP contribution < -0.4 is 0 Å². The number of hydrogen-bond donors (Lipinski definition) is 0. The highest BCUT2D eigenvalue weighted by atomic mass is 16.6. The van der Waals surface area contributed by atoms with Crippen molar-refractivity contribution in [1.82, 2.24) is 4.90 Å². The van der Waals surface area contributed by atoms with E-state index in [2.05, 4.69) is 4.90 Å². The molecule has 3 heterocycles. The van der Waals surface area contributed by atoms with Crippen molar-refractivity contribution >= 4 is 0 Å². The second kappa shape index (κ2) is 2.83. The van der Waals surface area contributed by atoms with Gasteiger partial charge in [-0.05, 0) is 12.1 Å². The summed E-state index contributed by atoms with van der Waals surface area (Å²) in [7, 11) is 0. The van der Waals surface area contributed by atoms with Gasteiger partial charge in [0.15, 0.2) is 6.23 Å². The Balaban J connectivity index is 1.86. The summed E-state index contributed by atoms with van der Waals surface area (Å²) in [6, 6.07) is 4.23. The van der Waals surface area contributed by atoms with Crippen molar-refractivity contribution in [3.8, 4) is 0 Å². The summed E-state index contributed by atoms with van der Waals surface area (Å²) in [4.78, 5) is 2.18. The second-order valence-corrected chi connectivity index (χ2v) is 3.37. The standard InChI is InChI=1S/C9H11NO3/c1-2-8(12-3-1)9-10-6-11-4-7(10)5-13-9/h1-3,7,9H,4-6H2. The Hall–Kier alpha value is -0.840. The van der Waals surface area contributed by atoms with Crippen molar-refractivity contribution in [2.24, 2.45) is 0 Å². The fraction of sp³-hybridized carbons (Fsp3) is 0.556. The van der Waals surface area contributed by atoms with Gasteiger partial charge < -0.3 is 13.9 Å². The van der Waals surface area contributed by atoms with Gasteiger partial charge in [-0.3, -0.25) is 0 Å². The maximum absolute atomic E-state index is 5.62. The van der Waals surface area contributed by atoms with Crippen molar-refractivity contribution in [3.63, 3.8) is 0 Å². The molecule has 1 aromatic rings. The highest BCUT2D eigenvalue weighted by Crippen LogP contribution is 2.33. The number of ether oxygens (including phenoxy) is 2. The van der Waals surface area contributed by atoms with E-state index in [0.29, 0.717) is 12.8 Å². The molecule has 2 aliphatic rings. The van der Waals surface area contributed by atoms with Gasteiger partial charge in [-0.15, -0.1) is 0 Å². The summed E-state index contributed by atoms with van der Waals surface area (Å²) in [6.07, 6.45) is 1.63. The molecule has 0 radical (unpaired) electrons. The van der Waals surface area contributed by atoms with Crippen LogP contribution in [0.5, 0.6) is 0 Å². The fourth-order valence-electron chi connectivity index (χ4n) is 1.87. The quantitative estimate of drug-likeness (QED) is 0.646. The Morgan fingerprint density at radius 1 is 1.38 bits per heavy atom. The van der Waals surface area contributed by atoms with Crippen molar-refractivity contribution < 1.29 is 13.9 Å². The third-order valence-corrected chi connectivity index (χ3v) is 2.55. The van der Waals surface area contributed by atoms with Gasteiger partial charge in [0.2, 0.25) is 0 Å². The van der Waals surface area contributed by atoms with E-state index in [1.54, 1.807) is 6.26 Å². The number of furan rings is 1. The molecule has 13 heavy (non-hydrogen) atoms. The largest absolute Gasteiger partial charge is 0.465 e. The Kier molecular flexibility index (Phi) is 1.65. The summed E-state index contributed by atoms with van der Waals surface area (Å²) in [5.74, 6) is 0.869. The third-order valence-electron chi connectivity index (χ3n) is 2.55. The van der Waals surface area contributed by atoms with E-state index in [1.165, 1.54) is 0 Å². The van der Waals surface area contributed by atoms with E-state index in [1.807, 2.05) is 12.1 Å². The normalized spacial score (nSPS) is 33.8. The van der Waals surface area contributed by atoms with E-state index >= 15 is 0 Å². The zero-order valence-corrected chi connectivity index (χ0v) is 7.18. The molecule has 3 rings (SSSR count). The van der Waals surface area contributed by atoms with Gasteiger partial charge in [-0.2, -0.15) is 0 Å². The van der Waals surface area contributed by atoms with E-state index in [9.17, 15) is 0 Å². The maximum Gasteiger partial charge on any atom is 0.171 e. The molecule has 1 aromatic heterocycles. The predicted octanol–water partition coefficient (Wildman–Crippen LogP) is 0.967. The lowest BCUT2D eigenvalue weighted by Gasteiger charge is -2.17. The molecule has 70 valence electrons. The van der Waals surface area contributed by atoms with Gasteiger partial charge >= 0.3 is 0 Å². The van der Waals surface area contributed by atoms with Crippen LogP contribution >= 0.6 is 0 Å². The first-order valence-corrected chi connectivity index (χ1v) is 4.43. The highest BCUT2D eigenvalue weighted by Gasteiger charge is 2.40. The lowest BCUT2D eigenvalue weighted by Crippen LogP contribution is -2.27. The monoisotopic (exact) mass is 181 g/mol. The Morgan fingerprint density at radius 2 is 2.38 bits per heavy atom. The van der Waals surface area contributed by atoms with Crippen molar-refractivity contribution in [2.75, 3.05) is 19.9 Å². The van der Waals surface area contributed by atoms with E-state index in [-0.39, 0.29) is 6.23 Å². The summed E-state index contributed by atoms with van der Waals surface area (Å²) >= 11 is 0. The van der Waals surface area contributed by atoms with Crippen molar-refractivity contribution in [3.05, 3.63) is 24.2 Å². The van der Waals surface area contributed by atoms with Gasteiger partial charge in [0, 0.05) is 0 Å². The van der Waals surface area contributed by atoms with Crippen LogP contribution in [0.3, 0.4) is 0 Å². The first kappa shape index (κ1) is 7.55. The molecule has 2 aliphatic heterocycles. The van der Waals surface area contributed by atoms with E-state index in [0.717, 1.165) is 19.0 Å². The molecule has 4 heteroatoms. The minimum absolute atomic E-state index is 0.0394. The molecule has 0 amide bonds. The fourth-order valence-corrected chi connectivity index (χ4v) is 1.87. The number of fused-ring (bicyclic) bond motifs is 1. The molecule has 0 N–H and O–H groups in total. The lowest BCUT2D eigenvalue weighted by atomic mass is 10.3. The van der Waals surface area contributed by atoms with E-state index in [4.69, 9.17) is 13.9 Å². The van der Waals surface area contributed by atoms with Gasteiger partial charge in [0.25, 0.3) is 0 Å². The lowest BCUT2D eigenvalue weighted by molar-refractivity contribution is -0.0183. The summed E-state index contributed by atoms with van der Waals surface area (Å²) < 4.78 is 16.3. The SMILES string of the molecule is c1coc(C2OCC3COCN32)c1. The first-order chi connectivity index (χ1) is 6.45. The van der Waals surface area contributed by atoms with Crippen LogP contribution in [-0.4, -0.2) is 30.9 Å². The van der Waals surface area contributed by atoms with Crippen LogP contribution in [0.1, 0.15) is 12.0 Å². The number of nitrogens with zero attached hydrogens (tertiary/aromatic N) is 1. The molecular weight excluding hydrogens is 170 g/mol. The van der Waals surface area contributed by atoms with Gasteiger partial charge in [0.05, 0.1) is 25.5 Å². The van der Waals surface area contributed by atoms with Gasteiger partial charge in [-0.25, -0.2) is 4.90 Å². The molecule has 0 saturated carbocycles. The van der Waals surface area contributed by atoms with Crippen molar-refractivity contribution in [2.45, 2.75) is 12.3 Å². The Bertz CT molecular complexity index is 285.